The summed E-state index contributed by atoms with van der Waals surface area (Å²) in [5.74, 6) is 0.758. The molecule has 1 atom stereocenters. The van der Waals surface area contributed by atoms with Crippen molar-refractivity contribution in [1.29, 1.82) is 0 Å². The molecule has 0 fully saturated rings. The zero-order valence-corrected chi connectivity index (χ0v) is 16.2. The van der Waals surface area contributed by atoms with Crippen LogP contribution in [0.15, 0.2) is 30.3 Å². The first-order valence-corrected chi connectivity index (χ1v) is 9.42. The Labute approximate surface area is 156 Å². The lowest BCUT2D eigenvalue weighted by Gasteiger charge is -2.20. The number of anilines is 1. The summed E-state index contributed by atoms with van der Waals surface area (Å²) in [6.45, 7) is 7.65. The van der Waals surface area contributed by atoms with Crippen LogP contribution in [0.5, 0.6) is 5.75 Å². The minimum Gasteiger partial charge on any atom is -0.423 e. The van der Waals surface area contributed by atoms with Gasteiger partial charge in [-0.1, -0.05) is 63.4 Å². The largest absolute Gasteiger partial charge is 0.423 e. The summed E-state index contributed by atoms with van der Waals surface area (Å²) in [5, 5.41) is 3.47. The number of nitrogens with one attached hydrogen (secondary N) is 1. The summed E-state index contributed by atoms with van der Waals surface area (Å²) in [6, 6.07) is 10.5. The Bertz CT molecular complexity index is 693. The van der Waals surface area contributed by atoms with E-state index >= 15 is 0 Å². The van der Waals surface area contributed by atoms with Crippen LogP contribution in [0.1, 0.15) is 68.9 Å². The van der Waals surface area contributed by atoms with Gasteiger partial charge in [0, 0.05) is 6.42 Å². The normalized spacial score (nSPS) is 11.8. The third kappa shape index (κ3) is 5.55. The van der Waals surface area contributed by atoms with Crippen LogP contribution in [0.3, 0.4) is 0 Å². The molecule has 0 aliphatic heterocycles. The minimum atomic E-state index is -0.276. The van der Waals surface area contributed by atoms with Gasteiger partial charge in [-0.25, -0.2) is 9.97 Å². The molecular formula is C21H29N3O2. The maximum absolute atomic E-state index is 11.6. The fourth-order valence-corrected chi connectivity index (χ4v) is 2.87. The molecule has 1 N–H and O–H groups in total. The number of aryl methyl sites for hydroxylation is 2. The number of hydrogen-bond acceptors (Lipinski definition) is 5. The summed E-state index contributed by atoms with van der Waals surface area (Å²) >= 11 is 0. The highest BCUT2D eigenvalue weighted by molar-refractivity contribution is 5.72. The van der Waals surface area contributed by atoms with Crippen molar-refractivity contribution in [1.82, 2.24) is 9.97 Å². The lowest BCUT2D eigenvalue weighted by molar-refractivity contribution is -0.134. The molecule has 140 valence electrons. The monoisotopic (exact) mass is 355 g/mol. The maximum Gasteiger partial charge on any atom is 0.311 e. The Kier molecular flexibility index (Phi) is 7.57. The van der Waals surface area contributed by atoms with Crippen molar-refractivity contribution < 1.29 is 9.53 Å². The van der Waals surface area contributed by atoms with Gasteiger partial charge in [0.25, 0.3) is 0 Å². The number of hydrogen-bond donors (Lipinski definition) is 1. The van der Waals surface area contributed by atoms with Crippen LogP contribution >= 0.6 is 0 Å². The first-order valence-electron chi connectivity index (χ1n) is 9.42. The molecule has 2 aromatic rings. The average molecular weight is 355 g/mol. The van der Waals surface area contributed by atoms with Crippen molar-refractivity contribution in [2.75, 3.05) is 5.32 Å². The van der Waals surface area contributed by atoms with Crippen LogP contribution in [0.4, 0.5) is 5.95 Å². The third-order valence-corrected chi connectivity index (χ3v) is 4.31. The molecule has 5 heteroatoms. The van der Waals surface area contributed by atoms with Gasteiger partial charge in [-0.2, -0.15) is 0 Å². The molecule has 1 heterocycles. The van der Waals surface area contributed by atoms with E-state index in [4.69, 9.17) is 4.74 Å². The second-order valence-electron chi connectivity index (χ2n) is 6.48. The van der Waals surface area contributed by atoms with E-state index in [1.165, 1.54) is 18.4 Å². The van der Waals surface area contributed by atoms with Crippen molar-refractivity contribution in [3.63, 3.8) is 0 Å². The lowest BCUT2D eigenvalue weighted by Crippen LogP contribution is -2.15. The highest BCUT2D eigenvalue weighted by atomic mass is 16.5. The number of esters is 1. The van der Waals surface area contributed by atoms with E-state index in [9.17, 15) is 4.79 Å². The van der Waals surface area contributed by atoms with Crippen LogP contribution in [-0.4, -0.2) is 15.9 Å². The molecule has 2 rings (SSSR count). The molecule has 0 saturated heterocycles. The van der Waals surface area contributed by atoms with Crippen LogP contribution in [0, 0.1) is 13.8 Å². The molecule has 1 unspecified atom stereocenters. The van der Waals surface area contributed by atoms with Crippen molar-refractivity contribution in [2.45, 2.75) is 65.8 Å². The SMILES string of the molecule is CCCCCC(Nc1nc(C)c(OC(=O)CC)c(C)n1)c1ccccc1. The van der Waals surface area contributed by atoms with Crippen molar-refractivity contribution >= 4 is 11.9 Å². The summed E-state index contributed by atoms with van der Waals surface area (Å²) in [5.41, 5.74) is 2.56. The topological polar surface area (TPSA) is 64.1 Å². The van der Waals surface area contributed by atoms with Gasteiger partial charge in [-0.05, 0) is 25.8 Å². The summed E-state index contributed by atoms with van der Waals surface area (Å²) in [6.07, 6.45) is 4.88. The summed E-state index contributed by atoms with van der Waals surface area (Å²) in [4.78, 5) is 20.6. The summed E-state index contributed by atoms with van der Waals surface area (Å²) < 4.78 is 5.36. The zero-order chi connectivity index (χ0) is 18.9. The van der Waals surface area contributed by atoms with Gasteiger partial charge in [0.05, 0.1) is 17.4 Å². The van der Waals surface area contributed by atoms with Crippen LogP contribution in [-0.2, 0) is 4.79 Å². The molecule has 0 aliphatic rings. The van der Waals surface area contributed by atoms with E-state index in [0.717, 1.165) is 12.8 Å². The number of nitrogens with zero attached hydrogens (tertiary/aromatic N) is 2. The first kappa shape index (κ1) is 19.9. The smallest absolute Gasteiger partial charge is 0.311 e. The van der Waals surface area contributed by atoms with Crippen molar-refractivity contribution in [3.8, 4) is 5.75 Å². The number of carbonyl (C=O) groups is 1. The standard InChI is InChI=1S/C21H29N3O2/c1-5-7-9-14-18(17-12-10-8-11-13-17)24-21-22-15(3)20(16(4)23-21)26-19(25)6-2/h8,10-13,18H,5-7,9,14H2,1-4H3,(H,22,23,24). The second-order valence-corrected chi connectivity index (χ2v) is 6.48. The zero-order valence-electron chi connectivity index (χ0n) is 16.2. The number of carbonyl (C=O) groups excluding carboxylic acids is 1. The van der Waals surface area contributed by atoms with Crippen LogP contribution in [0.2, 0.25) is 0 Å². The Hall–Kier alpha value is -2.43. The van der Waals surface area contributed by atoms with Crippen molar-refractivity contribution in [3.05, 3.63) is 47.3 Å². The van der Waals surface area contributed by atoms with Crippen LogP contribution < -0.4 is 10.1 Å². The van der Waals surface area contributed by atoms with Gasteiger partial charge in [0.15, 0.2) is 5.75 Å². The molecule has 26 heavy (non-hydrogen) atoms. The van der Waals surface area contributed by atoms with E-state index in [1.54, 1.807) is 6.92 Å². The fourth-order valence-electron chi connectivity index (χ4n) is 2.87. The molecule has 0 aliphatic carbocycles. The Morgan fingerprint density at radius 2 is 1.73 bits per heavy atom. The molecule has 1 aromatic carbocycles. The number of ether oxygens (including phenoxy) is 1. The minimum absolute atomic E-state index is 0.158. The van der Waals surface area contributed by atoms with E-state index in [0.29, 0.717) is 29.5 Å². The van der Waals surface area contributed by atoms with E-state index in [1.807, 2.05) is 19.9 Å². The highest BCUT2D eigenvalue weighted by Crippen LogP contribution is 2.26. The highest BCUT2D eigenvalue weighted by Gasteiger charge is 2.16. The van der Waals surface area contributed by atoms with E-state index in [2.05, 4.69) is 46.5 Å². The third-order valence-electron chi connectivity index (χ3n) is 4.31. The number of aromatic nitrogens is 2. The van der Waals surface area contributed by atoms with Gasteiger partial charge in [-0.15, -0.1) is 0 Å². The second kappa shape index (κ2) is 9.90. The predicted octanol–water partition coefficient (Wildman–Crippen LogP) is 5.14. The first-order chi connectivity index (χ1) is 12.5. The van der Waals surface area contributed by atoms with Gasteiger partial charge < -0.3 is 10.1 Å². The Morgan fingerprint density at radius 3 is 2.31 bits per heavy atom. The molecule has 5 nitrogen and oxygen atoms in total. The quantitative estimate of drug-likeness (QED) is 0.498. The fraction of sp³-hybridized carbons (Fsp3) is 0.476. The predicted molar refractivity (Wildman–Crippen MR) is 104 cm³/mol. The number of benzene rings is 1. The van der Waals surface area contributed by atoms with E-state index in [-0.39, 0.29) is 12.0 Å². The lowest BCUT2D eigenvalue weighted by atomic mass is 10.0. The van der Waals surface area contributed by atoms with Gasteiger partial charge in [0.1, 0.15) is 0 Å². The van der Waals surface area contributed by atoms with Gasteiger partial charge in [-0.3, -0.25) is 4.79 Å². The molecule has 0 bridgehead atoms. The average Bonchev–Trinajstić information content (AvgIpc) is 2.64. The van der Waals surface area contributed by atoms with Crippen molar-refractivity contribution in [2.24, 2.45) is 0 Å². The van der Waals surface area contributed by atoms with Gasteiger partial charge in [0.2, 0.25) is 5.95 Å². The molecule has 0 radical (unpaired) electrons. The molecule has 0 saturated carbocycles. The number of rotatable bonds is 9. The molecular weight excluding hydrogens is 326 g/mol. The maximum atomic E-state index is 11.6. The summed E-state index contributed by atoms with van der Waals surface area (Å²) in [7, 11) is 0. The van der Waals surface area contributed by atoms with E-state index < -0.39 is 0 Å². The molecule has 0 spiro atoms. The van der Waals surface area contributed by atoms with Crippen LogP contribution in [0.25, 0.3) is 0 Å². The Balaban J connectivity index is 2.20. The number of unbranched alkanes of at least 4 members (excludes halogenated alkanes) is 2. The van der Waals surface area contributed by atoms with Gasteiger partial charge >= 0.3 is 5.97 Å². The Morgan fingerprint density at radius 1 is 1.08 bits per heavy atom. The molecule has 1 aromatic heterocycles. The molecule has 0 amide bonds.